The fourth-order valence-electron chi connectivity index (χ4n) is 11.4. The summed E-state index contributed by atoms with van der Waals surface area (Å²) in [6, 6.07) is 73.0. The Bertz CT molecular complexity index is 3960. The maximum absolute atomic E-state index is 2.47. The van der Waals surface area contributed by atoms with Crippen LogP contribution in [0.2, 0.25) is 0 Å². The second kappa shape index (κ2) is 11.1. The molecule has 0 saturated heterocycles. The molecule has 0 unspecified atom stereocenters. The predicted molar refractivity (Wildman–Crippen MR) is 251 cm³/mol. The lowest BCUT2D eigenvalue weighted by molar-refractivity contribution is 1.66. The topological polar surface area (TPSA) is 0 Å². The van der Waals surface area contributed by atoms with E-state index in [2.05, 4.69) is 194 Å². The third kappa shape index (κ3) is 3.71. The van der Waals surface area contributed by atoms with Gasteiger partial charge in [0.1, 0.15) is 0 Å². The maximum atomic E-state index is 2.47. The number of rotatable bonds is 3. The van der Waals surface area contributed by atoms with E-state index in [0.29, 0.717) is 0 Å². The highest BCUT2D eigenvalue weighted by Crippen LogP contribution is 2.58. The van der Waals surface area contributed by atoms with E-state index in [1.165, 1.54) is 141 Å². The van der Waals surface area contributed by atoms with Gasteiger partial charge in [-0.3, -0.25) is 0 Å². The molecule has 0 bridgehead atoms. The van der Waals surface area contributed by atoms with Crippen LogP contribution in [0.4, 0.5) is 0 Å². The Kier molecular flexibility index (Phi) is 5.85. The molecule has 0 aliphatic rings. The standard InChI is InChI=1S/C58H32/c1-4-15-33(16-5-1)38-31-32-45-54-50-43(48(36-17-6-2-7-18-36)52-39-25-10-21-34-23-12-27-41(46(34)39)55(52)54)29-14-30-44(50)57-56-42-28-13-24-35-22-11-26-40(47(35)42)53(56)49(51(38)58(45)57)37-19-8-3-9-20-37/h1-32H. The van der Waals surface area contributed by atoms with Gasteiger partial charge in [0, 0.05) is 0 Å². The quantitative estimate of drug-likeness (QED) is 0.126. The highest BCUT2D eigenvalue weighted by atomic mass is 14.3. The molecule has 58 heavy (non-hydrogen) atoms. The highest BCUT2D eigenvalue weighted by molar-refractivity contribution is 6.53. The molecule has 0 fully saturated rings. The number of fused-ring (bicyclic) bond motifs is 10. The molecule has 0 aliphatic heterocycles. The number of hydrogen-bond donors (Lipinski definition) is 0. The van der Waals surface area contributed by atoms with E-state index < -0.39 is 0 Å². The van der Waals surface area contributed by atoms with Crippen LogP contribution in [0.3, 0.4) is 0 Å². The van der Waals surface area contributed by atoms with Gasteiger partial charge < -0.3 is 0 Å². The minimum atomic E-state index is 1.23. The van der Waals surface area contributed by atoms with Gasteiger partial charge in [-0.15, -0.1) is 0 Å². The Balaban J connectivity index is 1.39. The van der Waals surface area contributed by atoms with Crippen LogP contribution in [0.15, 0.2) is 194 Å². The number of hydrogen-bond acceptors (Lipinski definition) is 0. The first kappa shape index (κ1) is 30.7. The zero-order valence-corrected chi connectivity index (χ0v) is 31.5. The summed E-state index contributed by atoms with van der Waals surface area (Å²) in [7, 11) is 0. The molecule has 14 aromatic rings. The summed E-state index contributed by atoms with van der Waals surface area (Å²) in [5.41, 5.74) is 7.64. The molecule has 0 amide bonds. The third-order valence-corrected chi connectivity index (χ3v) is 13.4. The van der Waals surface area contributed by atoms with Crippen LogP contribution in [0.5, 0.6) is 0 Å². The second-order valence-corrected chi connectivity index (χ2v) is 16.2. The van der Waals surface area contributed by atoms with Crippen LogP contribution < -0.4 is 0 Å². The van der Waals surface area contributed by atoms with Gasteiger partial charge in [0.2, 0.25) is 0 Å². The smallest absolute Gasteiger partial charge is 0.000695 e. The van der Waals surface area contributed by atoms with Crippen LogP contribution in [-0.4, -0.2) is 0 Å². The Morgan fingerprint density at radius 3 is 1.09 bits per heavy atom. The lowest BCUT2D eigenvalue weighted by atomic mass is 9.79. The first-order chi connectivity index (χ1) is 28.8. The molecule has 0 nitrogen and oxygen atoms in total. The van der Waals surface area contributed by atoms with Crippen LogP contribution in [0.1, 0.15) is 0 Å². The van der Waals surface area contributed by atoms with Crippen LogP contribution in [-0.2, 0) is 0 Å². The molecule has 0 spiro atoms. The van der Waals surface area contributed by atoms with Crippen molar-refractivity contribution < 1.29 is 0 Å². The molecule has 14 aromatic carbocycles. The molecule has 0 radical (unpaired) electrons. The van der Waals surface area contributed by atoms with Crippen molar-refractivity contribution in [3.63, 3.8) is 0 Å². The number of benzene rings is 12. The fraction of sp³-hybridized carbons (Fsp3) is 0. The molecule has 0 heteroatoms. The summed E-state index contributed by atoms with van der Waals surface area (Å²) in [5.74, 6) is 0. The van der Waals surface area contributed by atoms with E-state index in [1.807, 2.05) is 0 Å². The van der Waals surface area contributed by atoms with Crippen molar-refractivity contribution in [1.29, 1.82) is 0 Å². The summed E-state index contributed by atoms with van der Waals surface area (Å²) < 4.78 is 0. The molecule has 0 atom stereocenters. The molecular formula is C58H32. The molecule has 0 heterocycles. The Morgan fingerprint density at radius 1 is 0.172 bits per heavy atom. The maximum Gasteiger partial charge on any atom is -0.000695 e. The minimum Gasteiger partial charge on any atom is -0.0622 e. The van der Waals surface area contributed by atoms with Crippen LogP contribution in [0, 0.1) is 0 Å². The normalized spacial score (nSPS) is 12.5. The van der Waals surface area contributed by atoms with Crippen molar-refractivity contribution in [3.05, 3.63) is 194 Å². The summed E-state index contributed by atoms with van der Waals surface area (Å²) in [4.78, 5) is 0. The van der Waals surface area contributed by atoms with Crippen molar-refractivity contribution >= 4 is 108 Å². The SMILES string of the molecule is c1ccc(-c2ccc3c4c2c(-c2ccccc2)c2c5cccc6cccc(c65)c2c4c2cccc4c(-c5ccccc5)c5c6cccc7cccc(c76)c5c3c42)cc1. The Morgan fingerprint density at radius 2 is 0.534 bits per heavy atom. The first-order valence-electron chi connectivity index (χ1n) is 20.4. The van der Waals surface area contributed by atoms with Crippen molar-refractivity contribution in [2.24, 2.45) is 0 Å². The first-order valence-corrected chi connectivity index (χ1v) is 20.4. The molecule has 0 saturated carbocycles. The van der Waals surface area contributed by atoms with Gasteiger partial charge in [-0.05, 0) is 141 Å². The van der Waals surface area contributed by atoms with Crippen molar-refractivity contribution in [2.45, 2.75) is 0 Å². The van der Waals surface area contributed by atoms with Gasteiger partial charge in [0.15, 0.2) is 0 Å². The monoisotopic (exact) mass is 728 g/mol. The molecule has 14 rings (SSSR count). The molecule has 0 aliphatic carbocycles. The summed E-state index contributed by atoms with van der Waals surface area (Å²) >= 11 is 0. The second-order valence-electron chi connectivity index (χ2n) is 16.2. The van der Waals surface area contributed by atoms with Gasteiger partial charge in [-0.2, -0.15) is 0 Å². The largest absolute Gasteiger partial charge is 0.0622 e. The van der Waals surface area contributed by atoms with E-state index in [0.717, 1.165) is 0 Å². The Labute approximate surface area is 333 Å². The van der Waals surface area contributed by atoms with E-state index in [-0.39, 0.29) is 0 Å². The van der Waals surface area contributed by atoms with E-state index in [9.17, 15) is 0 Å². The van der Waals surface area contributed by atoms with E-state index in [4.69, 9.17) is 0 Å². The van der Waals surface area contributed by atoms with Gasteiger partial charge in [-0.25, -0.2) is 0 Å². The summed E-state index contributed by atoms with van der Waals surface area (Å²) in [6.45, 7) is 0. The lowest BCUT2D eigenvalue weighted by Crippen LogP contribution is -1.95. The van der Waals surface area contributed by atoms with Gasteiger partial charge in [0.25, 0.3) is 0 Å². The third-order valence-electron chi connectivity index (χ3n) is 13.4. The van der Waals surface area contributed by atoms with E-state index >= 15 is 0 Å². The lowest BCUT2D eigenvalue weighted by Gasteiger charge is -2.23. The molecule has 0 aromatic heterocycles. The summed E-state index contributed by atoms with van der Waals surface area (Å²) in [5, 5.41) is 26.7. The van der Waals surface area contributed by atoms with Gasteiger partial charge >= 0.3 is 0 Å². The average molecular weight is 729 g/mol. The van der Waals surface area contributed by atoms with Crippen molar-refractivity contribution in [3.8, 4) is 33.4 Å². The zero-order chi connectivity index (χ0) is 37.6. The van der Waals surface area contributed by atoms with Crippen LogP contribution >= 0.6 is 0 Å². The van der Waals surface area contributed by atoms with Gasteiger partial charge in [-0.1, -0.05) is 194 Å². The van der Waals surface area contributed by atoms with E-state index in [1.54, 1.807) is 0 Å². The Hall–Kier alpha value is -7.54. The molecular weight excluding hydrogens is 697 g/mol. The minimum absolute atomic E-state index is 1.23. The van der Waals surface area contributed by atoms with Crippen LogP contribution in [0.25, 0.3) is 141 Å². The molecule has 264 valence electrons. The highest BCUT2D eigenvalue weighted by Gasteiger charge is 2.29. The van der Waals surface area contributed by atoms with Crippen molar-refractivity contribution in [2.75, 3.05) is 0 Å². The molecule has 0 N–H and O–H groups in total. The fourth-order valence-corrected chi connectivity index (χ4v) is 11.4. The van der Waals surface area contributed by atoms with Gasteiger partial charge in [0.05, 0.1) is 0 Å². The average Bonchev–Trinajstić information content (AvgIpc) is 3.80. The predicted octanol–water partition coefficient (Wildman–Crippen LogP) is 16.5. The summed E-state index contributed by atoms with van der Waals surface area (Å²) in [6.07, 6.45) is 0. The van der Waals surface area contributed by atoms with Crippen molar-refractivity contribution in [1.82, 2.24) is 0 Å². The zero-order valence-electron chi connectivity index (χ0n) is 31.5.